The van der Waals surface area contributed by atoms with Gasteiger partial charge in [0.15, 0.2) is 0 Å². The number of hydrogen-bond donors (Lipinski definition) is 0. The molecule has 3 nitrogen and oxygen atoms in total. The van der Waals surface area contributed by atoms with Crippen LogP contribution in [-0.4, -0.2) is 11.8 Å². The number of anilines is 1. The van der Waals surface area contributed by atoms with Crippen LogP contribution in [0.1, 0.15) is 36.4 Å². The molecule has 3 fully saturated rings. The average molecular weight is 320 g/mol. The Labute approximate surface area is 140 Å². The Morgan fingerprint density at radius 2 is 1.75 bits per heavy atom. The summed E-state index contributed by atoms with van der Waals surface area (Å²) in [6.07, 6.45) is 2.45. The van der Waals surface area contributed by atoms with Crippen LogP contribution < -0.4 is 4.90 Å². The third kappa shape index (κ3) is 2.37. The van der Waals surface area contributed by atoms with Crippen LogP contribution in [0, 0.1) is 23.1 Å². The molecule has 0 N–H and O–H groups in total. The molecule has 3 aliphatic rings. The van der Waals surface area contributed by atoms with Crippen molar-refractivity contribution in [3.8, 4) is 6.07 Å². The predicted octanol–water partition coefficient (Wildman–Crippen LogP) is 4.00. The molecule has 0 amide bonds. The van der Waals surface area contributed by atoms with Crippen molar-refractivity contribution in [1.29, 1.82) is 5.26 Å². The minimum Gasteiger partial charge on any atom is -0.360 e. The van der Waals surface area contributed by atoms with E-state index in [0.29, 0.717) is 17.8 Å². The largest absolute Gasteiger partial charge is 0.360 e. The number of nitrogens with zero attached hydrogens (tertiary/aromatic N) is 2. The molecule has 120 valence electrons. The van der Waals surface area contributed by atoms with Crippen molar-refractivity contribution in [2.75, 3.05) is 4.90 Å². The van der Waals surface area contributed by atoms with Crippen molar-refractivity contribution < 1.29 is 9.18 Å². The number of halogens is 1. The van der Waals surface area contributed by atoms with Crippen LogP contribution in [0.2, 0.25) is 0 Å². The molecule has 1 aliphatic carbocycles. The number of fused-ring (bicyclic) bond motifs is 3. The number of carbonyl (C=O) groups excluding carboxylic acids is 1. The van der Waals surface area contributed by atoms with E-state index < -0.39 is 0 Å². The van der Waals surface area contributed by atoms with Gasteiger partial charge in [0.05, 0.1) is 17.7 Å². The summed E-state index contributed by atoms with van der Waals surface area (Å²) in [6, 6.07) is 16.2. The summed E-state index contributed by atoms with van der Waals surface area (Å²) in [7, 11) is 0. The zero-order valence-electron chi connectivity index (χ0n) is 13.2. The summed E-state index contributed by atoms with van der Waals surface area (Å²) in [6.45, 7) is 0. The standard InChI is InChI=1S/C20H17FN2O/c21-15-5-7-16(8-6-15)23-17-9-10-18(19(24)11-17)20(23)14-3-1-13(12-22)2-4-14/h1-8,17-18,20H,9-11H2/t17-,18+,20-/m0/s1. The molecule has 3 atom stereocenters. The van der Waals surface area contributed by atoms with Crippen LogP contribution in [0.4, 0.5) is 10.1 Å². The molecule has 0 spiro atoms. The van der Waals surface area contributed by atoms with Crippen LogP contribution in [0.25, 0.3) is 0 Å². The zero-order valence-corrected chi connectivity index (χ0v) is 13.2. The van der Waals surface area contributed by atoms with Gasteiger partial charge in [-0.3, -0.25) is 4.79 Å². The maximum atomic E-state index is 13.3. The maximum Gasteiger partial charge on any atom is 0.140 e. The first kappa shape index (κ1) is 14.9. The molecule has 24 heavy (non-hydrogen) atoms. The van der Waals surface area contributed by atoms with Gasteiger partial charge in [-0.1, -0.05) is 12.1 Å². The number of rotatable bonds is 2. The molecule has 4 heteroatoms. The van der Waals surface area contributed by atoms with Gasteiger partial charge < -0.3 is 4.90 Å². The second kappa shape index (κ2) is 5.76. The van der Waals surface area contributed by atoms with Crippen LogP contribution in [0.15, 0.2) is 48.5 Å². The number of nitriles is 1. The number of ketones is 1. The van der Waals surface area contributed by atoms with Gasteiger partial charge in [-0.15, -0.1) is 0 Å². The van der Waals surface area contributed by atoms with Gasteiger partial charge in [0.25, 0.3) is 0 Å². The Morgan fingerprint density at radius 1 is 1.04 bits per heavy atom. The molecule has 0 aromatic heterocycles. The number of hydrogen-bond acceptors (Lipinski definition) is 3. The number of benzene rings is 2. The Kier molecular flexibility index (Phi) is 3.57. The highest BCUT2D eigenvalue weighted by Gasteiger charge is 2.47. The molecular weight excluding hydrogens is 303 g/mol. The lowest BCUT2D eigenvalue weighted by Crippen LogP contribution is -2.54. The van der Waals surface area contributed by atoms with Crippen LogP contribution in [0.5, 0.6) is 0 Å². The predicted molar refractivity (Wildman–Crippen MR) is 88.9 cm³/mol. The van der Waals surface area contributed by atoms with Crippen LogP contribution in [-0.2, 0) is 4.79 Å². The fourth-order valence-electron chi connectivity index (χ4n) is 4.14. The van der Waals surface area contributed by atoms with E-state index in [4.69, 9.17) is 5.26 Å². The number of carbonyl (C=O) groups is 1. The number of piperidine rings is 2. The number of Topliss-reactive ketones (excluding diaryl/α,β-unsaturated/α-hetero) is 1. The first-order chi connectivity index (χ1) is 11.7. The summed E-state index contributed by atoms with van der Waals surface area (Å²) in [5.41, 5.74) is 2.61. The third-order valence-corrected chi connectivity index (χ3v) is 5.24. The van der Waals surface area contributed by atoms with E-state index >= 15 is 0 Å². The molecule has 2 bridgehead atoms. The van der Waals surface area contributed by atoms with Gasteiger partial charge >= 0.3 is 0 Å². The smallest absolute Gasteiger partial charge is 0.140 e. The quantitative estimate of drug-likeness (QED) is 0.840. The molecule has 2 aliphatic heterocycles. The Hall–Kier alpha value is -2.67. The Bertz CT molecular complexity index is 807. The second-order valence-electron chi connectivity index (χ2n) is 6.57. The van der Waals surface area contributed by atoms with Crippen LogP contribution in [0.3, 0.4) is 0 Å². The molecule has 0 unspecified atom stereocenters. The van der Waals surface area contributed by atoms with Gasteiger partial charge in [0.1, 0.15) is 11.6 Å². The minimum atomic E-state index is -0.257. The van der Waals surface area contributed by atoms with Crippen molar-refractivity contribution >= 4 is 11.5 Å². The van der Waals surface area contributed by atoms with Gasteiger partial charge in [-0.2, -0.15) is 5.26 Å². The highest BCUT2D eigenvalue weighted by Crippen LogP contribution is 2.47. The highest BCUT2D eigenvalue weighted by atomic mass is 19.1. The summed E-state index contributed by atoms with van der Waals surface area (Å²) < 4.78 is 13.3. The van der Waals surface area contributed by atoms with E-state index in [-0.39, 0.29) is 23.8 Å². The van der Waals surface area contributed by atoms with E-state index in [0.717, 1.165) is 24.1 Å². The lowest BCUT2D eigenvalue weighted by atomic mass is 9.71. The second-order valence-corrected chi connectivity index (χ2v) is 6.57. The van der Waals surface area contributed by atoms with Gasteiger partial charge in [-0.05, 0) is 54.8 Å². The van der Waals surface area contributed by atoms with Crippen molar-refractivity contribution in [1.82, 2.24) is 0 Å². The Morgan fingerprint density at radius 3 is 2.38 bits per heavy atom. The first-order valence-electron chi connectivity index (χ1n) is 8.24. The van der Waals surface area contributed by atoms with Gasteiger partial charge in [0, 0.05) is 24.1 Å². The van der Waals surface area contributed by atoms with E-state index in [1.165, 1.54) is 12.1 Å². The van der Waals surface area contributed by atoms with Gasteiger partial charge in [0.2, 0.25) is 0 Å². The molecule has 0 radical (unpaired) electrons. The highest BCUT2D eigenvalue weighted by molar-refractivity contribution is 5.86. The SMILES string of the molecule is N#Cc1ccc([C@H]2[C@@H]3CC[C@@H](CC3=O)N2c2ccc(F)cc2)cc1. The van der Waals surface area contributed by atoms with Crippen molar-refractivity contribution in [3.63, 3.8) is 0 Å². The topological polar surface area (TPSA) is 44.1 Å². The maximum absolute atomic E-state index is 13.3. The normalized spacial score (nSPS) is 25.6. The summed E-state index contributed by atoms with van der Waals surface area (Å²) in [5, 5.41) is 8.99. The molecule has 2 aromatic carbocycles. The lowest BCUT2D eigenvalue weighted by molar-refractivity contribution is -0.128. The van der Waals surface area contributed by atoms with E-state index in [1.807, 2.05) is 12.1 Å². The molecular formula is C20H17FN2O. The van der Waals surface area contributed by atoms with Crippen molar-refractivity contribution in [2.24, 2.45) is 5.92 Å². The molecule has 2 heterocycles. The van der Waals surface area contributed by atoms with Gasteiger partial charge in [-0.25, -0.2) is 4.39 Å². The fourth-order valence-corrected chi connectivity index (χ4v) is 4.14. The molecule has 5 rings (SSSR count). The van der Waals surface area contributed by atoms with Crippen LogP contribution >= 0.6 is 0 Å². The summed E-state index contributed by atoms with van der Waals surface area (Å²) in [5.74, 6) is 0.0267. The Balaban J connectivity index is 1.78. The van der Waals surface area contributed by atoms with Crippen molar-refractivity contribution in [2.45, 2.75) is 31.3 Å². The molecule has 2 aromatic rings. The van der Waals surface area contributed by atoms with Crippen molar-refractivity contribution in [3.05, 3.63) is 65.5 Å². The molecule has 1 saturated carbocycles. The zero-order chi connectivity index (χ0) is 16.7. The summed E-state index contributed by atoms with van der Waals surface area (Å²) >= 11 is 0. The minimum absolute atomic E-state index is 0.0343. The fraction of sp³-hybridized carbons (Fsp3) is 0.300. The van der Waals surface area contributed by atoms with E-state index in [2.05, 4.69) is 11.0 Å². The van der Waals surface area contributed by atoms with E-state index in [9.17, 15) is 9.18 Å². The van der Waals surface area contributed by atoms with E-state index in [1.54, 1.807) is 24.3 Å². The third-order valence-electron chi connectivity index (χ3n) is 5.24. The molecule has 2 saturated heterocycles. The average Bonchev–Trinajstić information content (AvgIpc) is 2.62. The first-order valence-corrected chi connectivity index (χ1v) is 8.24. The lowest BCUT2D eigenvalue weighted by Gasteiger charge is -2.52. The monoisotopic (exact) mass is 320 g/mol. The summed E-state index contributed by atoms with van der Waals surface area (Å²) in [4.78, 5) is 14.7.